The second-order valence-electron chi connectivity index (χ2n) is 8.04. The minimum absolute atomic E-state index is 0.0298. The number of amidine groups is 1. The van der Waals surface area contributed by atoms with Gasteiger partial charge in [-0.05, 0) is 30.3 Å². The van der Waals surface area contributed by atoms with Gasteiger partial charge in [-0.25, -0.2) is 14.4 Å². The number of aromatic nitrogens is 3. The summed E-state index contributed by atoms with van der Waals surface area (Å²) < 4.78 is 24.4. The van der Waals surface area contributed by atoms with E-state index in [0.717, 1.165) is 34.0 Å². The molecule has 36 heavy (non-hydrogen) atoms. The molecular formula is C25H24ClFN6O3. The van der Waals surface area contributed by atoms with Gasteiger partial charge in [0.15, 0.2) is 18.2 Å². The van der Waals surface area contributed by atoms with Crippen molar-refractivity contribution >= 4 is 34.3 Å². The van der Waals surface area contributed by atoms with E-state index in [-0.39, 0.29) is 11.8 Å². The first-order valence-electron chi connectivity index (χ1n) is 11.3. The van der Waals surface area contributed by atoms with E-state index < -0.39 is 5.82 Å². The van der Waals surface area contributed by atoms with E-state index in [4.69, 9.17) is 25.9 Å². The Balaban J connectivity index is 1.29. The van der Waals surface area contributed by atoms with E-state index in [1.165, 1.54) is 6.07 Å². The van der Waals surface area contributed by atoms with Crippen molar-refractivity contribution in [2.24, 2.45) is 5.16 Å². The predicted octanol–water partition coefficient (Wildman–Crippen LogP) is 4.26. The molecule has 0 fully saturated rings. The lowest BCUT2D eigenvalue weighted by Gasteiger charge is -2.18. The zero-order valence-electron chi connectivity index (χ0n) is 19.7. The number of nitrogens with zero attached hydrogens (tertiary/aromatic N) is 4. The Labute approximate surface area is 211 Å². The number of imidazole rings is 1. The maximum absolute atomic E-state index is 13.7. The first-order chi connectivity index (χ1) is 17.6. The van der Waals surface area contributed by atoms with Crippen LogP contribution in [0.2, 0.25) is 5.02 Å². The van der Waals surface area contributed by atoms with Gasteiger partial charge in [0.25, 0.3) is 0 Å². The Morgan fingerprint density at radius 3 is 2.86 bits per heavy atom. The third kappa shape index (κ3) is 4.77. The number of methoxy groups -OCH3 is 2. The Bertz CT molecular complexity index is 1430. The molecule has 5 rings (SSSR count). The summed E-state index contributed by atoms with van der Waals surface area (Å²) in [6.07, 6.45) is 2.34. The molecule has 3 heterocycles. The Morgan fingerprint density at radius 1 is 1.17 bits per heavy atom. The summed E-state index contributed by atoms with van der Waals surface area (Å²) in [6.45, 7) is 1.51. The minimum atomic E-state index is -0.484. The molecule has 2 N–H and O–H groups in total. The number of benzene rings is 2. The average molecular weight is 511 g/mol. The summed E-state index contributed by atoms with van der Waals surface area (Å²) in [5.41, 5.74) is 3.79. The number of rotatable bonds is 9. The van der Waals surface area contributed by atoms with Crippen LogP contribution in [0.15, 0.2) is 53.8 Å². The summed E-state index contributed by atoms with van der Waals surface area (Å²) in [4.78, 5) is 19.6. The van der Waals surface area contributed by atoms with Gasteiger partial charge in [0.05, 0.1) is 24.8 Å². The lowest BCUT2D eigenvalue weighted by molar-refractivity contribution is 0.174. The van der Waals surface area contributed by atoms with Gasteiger partial charge in [-0.3, -0.25) is 4.90 Å². The fourth-order valence-electron chi connectivity index (χ4n) is 3.99. The van der Waals surface area contributed by atoms with E-state index in [1.54, 1.807) is 32.5 Å². The summed E-state index contributed by atoms with van der Waals surface area (Å²) in [5.74, 6) is 2.38. The maximum atomic E-state index is 13.7. The largest absolute Gasteiger partial charge is 0.497 e. The molecule has 1 aliphatic heterocycles. The highest BCUT2D eigenvalue weighted by molar-refractivity contribution is 6.31. The van der Waals surface area contributed by atoms with E-state index in [2.05, 4.69) is 25.4 Å². The number of pyridine rings is 1. The minimum Gasteiger partial charge on any atom is -0.497 e. The number of oxime groups is 1. The van der Waals surface area contributed by atoms with Gasteiger partial charge >= 0.3 is 0 Å². The first kappa shape index (κ1) is 23.8. The topological polar surface area (TPSA) is 96.9 Å². The Kier molecular flexibility index (Phi) is 6.88. The van der Waals surface area contributed by atoms with Gasteiger partial charge < -0.3 is 24.6 Å². The van der Waals surface area contributed by atoms with Crippen molar-refractivity contribution in [1.29, 1.82) is 0 Å². The van der Waals surface area contributed by atoms with Crippen molar-refractivity contribution in [3.05, 3.63) is 76.5 Å². The van der Waals surface area contributed by atoms with Gasteiger partial charge in [-0.1, -0.05) is 22.8 Å². The van der Waals surface area contributed by atoms with E-state index in [9.17, 15) is 4.39 Å². The zero-order chi connectivity index (χ0) is 25.1. The molecule has 0 radical (unpaired) electrons. The van der Waals surface area contributed by atoms with E-state index in [1.807, 2.05) is 29.2 Å². The van der Waals surface area contributed by atoms with Crippen molar-refractivity contribution in [2.45, 2.75) is 13.0 Å². The maximum Gasteiger partial charge on any atom is 0.195 e. The van der Waals surface area contributed by atoms with Crippen LogP contribution < -0.4 is 19.7 Å². The van der Waals surface area contributed by atoms with Gasteiger partial charge in [0, 0.05) is 48.6 Å². The molecule has 2 aromatic heterocycles. The third-order valence-corrected chi connectivity index (χ3v) is 6.13. The van der Waals surface area contributed by atoms with Gasteiger partial charge in [0.1, 0.15) is 23.1 Å². The van der Waals surface area contributed by atoms with E-state index in [0.29, 0.717) is 36.7 Å². The molecule has 2 aromatic carbocycles. The van der Waals surface area contributed by atoms with Crippen LogP contribution in [0.3, 0.4) is 0 Å². The normalized spacial score (nSPS) is 13.1. The highest BCUT2D eigenvalue weighted by Gasteiger charge is 2.26. The summed E-state index contributed by atoms with van der Waals surface area (Å²) in [6, 6.07) is 12.1. The monoisotopic (exact) mass is 510 g/mol. The number of aromatic amines is 1. The van der Waals surface area contributed by atoms with Crippen LogP contribution in [-0.4, -0.2) is 48.3 Å². The third-order valence-electron chi connectivity index (χ3n) is 5.84. The SMILES string of the molecule is COc1ccc(CNCCc2nc3nccc(C4=NOCN4c4ccc(F)c(Cl)c4)c3[nH]2)c(OC)c1. The predicted molar refractivity (Wildman–Crippen MR) is 135 cm³/mol. The van der Waals surface area contributed by atoms with Crippen LogP contribution >= 0.6 is 11.6 Å². The number of fused-ring (bicyclic) bond motifs is 1. The van der Waals surface area contributed by atoms with Crippen molar-refractivity contribution in [2.75, 3.05) is 32.4 Å². The summed E-state index contributed by atoms with van der Waals surface area (Å²) in [5, 5.41) is 7.66. The standard InChI is InChI=1S/C25H24ClFN6O3/c1-34-17-5-3-15(21(12-17)35-2)13-28-9-8-22-30-23-18(7-10-29-24(23)31-22)25-32-36-14-33(25)16-4-6-20(27)19(26)11-16/h3-7,10-12,28H,8-9,13-14H2,1-2H3,(H,29,30,31). The number of hydrogen-bond acceptors (Lipinski definition) is 8. The lowest BCUT2D eigenvalue weighted by atomic mass is 10.2. The molecule has 1 aliphatic rings. The first-order valence-corrected chi connectivity index (χ1v) is 11.6. The number of halogens is 2. The molecule has 0 unspecified atom stereocenters. The molecular weight excluding hydrogens is 487 g/mol. The molecule has 0 aliphatic carbocycles. The zero-order valence-corrected chi connectivity index (χ0v) is 20.5. The molecule has 186 valence electrons. The van der Waals surface area contributed by atoms with Crippen LogP contribution in [0.5, 0.6) is 11.5 Å². The number of hydrogen-bond donors (Lipinski definition) is 2. The molecule has 0 saturated heterocycles. The fraction of sp³-hybridized carbons (Fsp3) is 0.240. The molecule has 4 aromatic rings. The number of nitrogens with one attached hydrogen (secondary N) is 2. The number of H-pyrrole nitrogens is 1. The molecule has 9 nitrogen and oxygen atoms in total. The van der Waals surface area contributed by atoms with Gasteiger partial charge in [-0.2, -0.15) is 0 Å². The van der Waals surface area contributed by atoms with Gasteiger partial charge in [0.2, 0.25) is 0 Å². The molecule has 0 bridgehead atoms. The highest BCUT2D eigenvalue weighted by Crippen LogP contribution is 2.28. The highest BCUT2D eigenvalue weighted by atomic mass is 35.5. The molecule has 11 heteroatoms. The lowest BCUT2D eigenvalue weighted by Crippen LogP contribution is -2.28. The van der Waals surface area contributed by atoms with Crippen molar-refractivity contribution in [3.8, 4) is 11.5 Å². The van der Waals surface area contributed by atoms with Crippen LogP contribution in [0.4, 0.5) is 10.1 Å². The summed E-state index contributed by atoms with van der Waals surface area (Å²) >= 11 is 5.99. The van der Waals surface area contributed by atoms with Crippen molar-refractivity contribution in [1.82, 2.24) is 20.3 Å². The quantitative estimate of drug-likeness (QED) is 0.325. The van der Waals surface area contributed by atoms with Crippen molar-refractivity contribution in [3.63, 3.8) is 0 Å². The second-order valence-corrected chi connectivity index (χ2v) is 8.45. The van der Waals surface area contributed by atoms with Crippen LogP contribution in [0.1, 0.15) is 17.0 Å². The van der Waals surface area contributed by atoms with Crippen LogP contribution in [0.25, 0.3) is 11.2 Å². The second kappa shape index (κ2) is 10.4. The Hall–Kier alpha value is -3.89. The van der Waals surface area contributed by atoms with Gasteiger partial charge in [-0.15, -0.1) is 0 Å². The molecule has 0 saturated carbocycles. The van der Waals surface area contributed by atoms with E-state index >= 15 is 0 Å². The Morgan fingerprint density at radius 2 is 2.06 bits per heavy atom. The fourth-order valence-corrected chi connectivity index (χ4v) is 4.17. The molecule has 0 atom stereocenters. The smallest absolute Gasteiger partial charge is 0.195 e. The molecule has 0 spiro atoms. The van der Waals surface area contributed by atoms with Crippen molar-refractivity contribution < 1.29 is 18.7 Å². The number of anilines is 1. The average Bonchev–Trinajstić information content (AvgIpc) is 3.55. The number of ether oxygens (including phenoxy) is 2. The molecule has 0 amide bonds. The van der Waals surface area contributed by atoms with Crippen LogP contribution in [0, 0.1) is 5.82 Å². The van der Waals surface area contributed by atoms with Crippen LogP contribution in [-0.2, 0) is 17.8 Å². The summed E-state index contributed by atoms with van der Waals surface area (Å²) in [7, 11) is 3.27.